The fraction of sp³-hybridized carbons (Fsp3) is 0.455. The van der Waals surface area contributed by atoms with E-state index in [-0.39, 0.29) is 12.4 Å². The van der Waals surface area contributed by atoms with Crippen LogP contribution in [0.4, 0.5) is 5.69 Å². The lowest BCUT2D eigenvalue weighted by Gasteiger charge is -2.42. The molecule has 2 rings (SSSR count). The summed E-state index contributed by atoms with van der Waals surface area (Å²) in [5, 5.41) is 4.29. The first kappa shape index (κ1) is 25.0. The average Bonchev–Trinajstić information content (AvgIpc) is 2.66. The van der Waals surface area contributed by atoms with Gasteiger partial charge in [-0.25, -0.2) is 0 Å². The van der Waals surface area contributed by atoms with Gasteiger partial charge >= 0.3 is 0 Å². The molecule has 0 spiro atoms. The molecule has 1 aromatic heterocycles. The molecule has 29 heavy (non-hydrogen) atoms. The van der Waals surface area contributed by atoms with Crippen LogP contribution in [-0.4, -0.2) is 26.6 Å². The van der Waals surface area contributed by atoms with Gasteiger partial charge in [-0.3, -0.25) is 10.4 Å². The molecule has 0 atom stereocenters. The number of pyridine rings is 1. The minimum atomic E-state index is -2.03. The number of halogens is 1. The third-order valence-electron chi connectivity index (χ3n) is 5.27. The Balaban J connectivity index is 0.00000420. The third kappa shape index (κ3) is 5.96. The number of anilines is 1. The molecular weight excluding hydrogens is 402 g/mol. The zero-order valence-corrected chi connectivity index (χ0v) is 20.3. The highest BCUT2D eigenvalue weighted by atomic mass is 35.5. The number of hydrazone groups is 1. The number of hydrogen-bond donors (Lipinski definition) is 1. The maximum atomic E-state index is 6.78. The normalized spacial score (nSPS) is 11.8. The van der Waals surface area contributed by atoms with Crippen LogP contribution in [0.15, 0.2) is 47.8 Å². The lowest BCUT2D eigenvalue weighted by Crippen LogP contribution is -2.50. The highest BCUT2D eigenvalue weighted by molar-refractivity contribution is 6.78. The van der Waals surface area contributed by atoms with Crippen LogP contribution >= 0.6 is 12.4 Å². The Morgan fingerprint density at radius 2 is 1.52 bits per heavy atom. The van der Waals surface area contributed by atoms with E-state index < -0.39 is 8.32 Å². The van der Waals surface area contributed by atoms with Crippen molar-refractivity contribution in [1.82, 2.24) is 4.98 Å². The van der Waals surface area contributed by atoms with Crippen LogP contribution in [0, 0.1) is 0 Å². The predicted octanol–water partition coefficient (Wildman–Crippen LogP) is 6.51. The summed E-state index contributed by atoms with van der Waals surface area (Å²) >= 11 is 0. The number of hydrogen-bond acceptors (Lipinski definition) is 5. The molecule has 0 radical (unpaired) electrons. The van der Waals surface area contributed by atoms with Gasteiger partial charge in [-0.2, -0.15) is 5.10 Å². The van der Waals surface area contributed by atoms with Crippen LogP contribution in [0.5, 0.6) is 11.5 Å². The highest BCUT2D eigenvalue weighted by Gasteiger charge is 2.47. The van der Waals surface area contributed by atoms with Gasteiger partial charge in [0, 0.05) is 12.4 Å². The van der Waals surface area contributed by atoms with Gasteiger partial charge in [-0.1, -0.05) is 41.5 Å². The molecular formula is C22H34ClN3O2Si. The van der Waals surface area contributed by atoms with Crippen LogP contribution in [0.25, 0.3) is 0 Å². The summed E-state index contributed by atoms with van der Waals surface area (Å²) in [5.74, 6) is 1.57. The van der Waals surface area contributed by atoms with Gasteiger partial charge in [0.1, 0.15) is 5.75 Å². The zero-order chi connectivity index (χ0) is 20.7. The second-order valence-electron chi connectivity index (χ2n) is 7.94. The van der Waals surface area contributed by atoms with Crippen molar-refractivity contribution in [2.45, 2.75) is 58.2 Å². The van der Waals surface area contributed by atoms with Crippen molar-refractivity contribution in [3.8, 4) is 11.5 Å². The van der Waals surface area contributed by atoms with Crippen LogP contribution in [0.3, 0.4) is 0 Å². The Kier molecular flexibility index (Phi) is 9.66. The number of nitrogens with zero attached hydrogens (tertiary/aromatic N) is 2. The van der Waals surface area contributed by atoms with Crippen molar-refractivity contribution in [3.05, 3.63) is 48.3 Å². The number of methoxy groups -OCH3 is 1. The van der Waals surface area contributed by atoms with Gasteiger partial charge in [-0.15, -0.1) is 12.4 Å². The topological polar surface area (TPSA) is 55.7 Å². The third-order valence-corrected chi connectivity index (χ3v) is 11.3. The van der Waals surface area contributed by atoms with Gasteiger partial charge < -0.3 is 9.16 Å². The molecule has 1 N–H and O–H groups in total. The Labute approximate surface area is 182 Å². The lowest BCUT2D eigenvalue weighted by atomic mass is 10.2. The van der Waals surface area contributed by atoms with E-state index in [0.717, 1.165) is 22.7 Å². The maximum Gasteiger partial charge on any atom is 0.258 e. The van der Waals surface area contributed by atoms with Crippen molar-refractivity contribution in [2.24, 2.45) is 5.10 Å². The number of benzene rings is 1. The first-order valence-electron chi connectivity index (χ1n) is 9.87. The molecule has 0 fully saturated rings. The van der Waals surface area contributed by atoms with Gasteiger partial charge in [0.15, 0.2) is 5.75 Å². The Hall–Kier alpha value is -2.05. The van der Waals surface area contributed by atoms with Gasteiger partial charge in [0.25, 0.3) is 8.32 Å². The molecule has 1 aromatic carbocycles. The summed E-state index contributed by atoms with van der Waals surface area (Å²) in [5.41, 5.74) is 6.33. The minimum absolute atomic E-state index is 0. The summed E-state index contributed by atoms with van der Waals surface area (Å²) in [4.78, 5) is 3.99. The summed E-state index contributed by atoms with van der Waals surface area (Å²) < 4.78 is 12.4. The Morgan fingerprint density at radius 3 is 2.03 bits per heavy atom. The zero-order valence-electron chi connectivity index (χ0n) is 18.5. The number of nitrogens with one attached hydrogen (secondary N) is 1. The molecule has 5 nitrogen and oxygen atoms in total. The van der Waals surface area contributed by atoms with E-state index in [1.807, 2.05) is 30.3 Å². The molecule has 0 aliphatic carbocycles. The number of aromatic nitrogens is 1. The molecule has 0 saturated heterocycles. The quantitative estimate of drug-likeness (QED) is 0.277. The van der Waals surface area contributed by atoms with E-state index >= 15 is 0 Å². The minimum Gasteiger partial charge on any atom is -0.540 e. The molecule has 0 aliphatic heterocycles. The van der Waals surface area contributed by atoms with Gasteiger partial charge in [-0.05, 0) is 52.5 Å². The first-order valence-corrected chi connectivity index (χ1v) is 12.0. The molecule has 0 saturated carbocycles. The fourth-order valence-corrected chi connectivity index (χ4v) is 9.26. The average molecular weight is 436 g/mol. The molecule has 0 amide bonds. The van der Waals surface area contributed by atoms with Crippen molar-refractivity contribution in [2.75, 3.05) is 12.5 Å². The van der Waals surface area contributed by atoms with Crippen LogP contribution in [0.2, 0.25) is 16.6 Å². The van der Waals surface area contributed by atoms with Crippen molar-refractivity contribution in [3.63, 3.8) is 0 Å². The van der Waals surface area contributed by atoms with Crippen molar-refractivity contribution in [1.29, 1.82) is 0 Å². The molecule has 160 valence electrons. The maximum absolute atomic E-state index is 6.78. The van der Waals surface area contributed by atoms with Gasteiger partial charge in [0.2, 0.25) is 0 Å². The van der Waals surface area contributed by atoms with Crippen LogP contribution in [0.1, 0.15) is 47.1 Å². The molecule has 1 heterocycles. The van der Waals surface area contributed by atoms with E-state index in [1.54, 1.807) is 25.7 Å². The van der Waals surface area contributed by atoms with E-state index in [0.29, 0.717) is 16.6 Å². The fourth-order valence-electron chi connectivity index (χ4n) is 4.00. The smallest absolute Gasteiger partial charge is 0.258 e. The number of ether oxygens (including phenoxy) is 1. The van der Waals surface area contributed by atoms with E-state index in [4.69, 9.17) is 9.16 Å². The van der Waals surface area contributed by atoms with E-state index in [2.05, 4.69) is 57.1 Å². The van der Waals surface area contributed by atoms with Gasteiger partial charge in [0.05, 0.1) is 19.0 Å². The summed E-state index contributed by atoms with van der Waals surface area (Å²) in [6.07, 6.45) is 5.22. The first-order chi connectivity index (χ1) is 13.3. The Bertz CT molecular complexity index is 761. The SMILES string of the molecule is COc1cc(C=NNc2ccncc2)ccc1O[Si](C(C)C)(C(C)C)C(C)C.Cl. The summed E-state index contributed by atoms with van der Waals surface area (Å²) in [6, 6.07) is 9.70. The second-order valence-corrected chi connectivity index (χ2v) is 13.3. The van der Waals surface area contributed by atoms with Crippen LogP contribution < -0.4 is 14.6 Å². The largest absolute Gasteiger partial charge is 0.540 e. The molecule has 0 unspecified atom stereocenters. The molecule has 0 bridgehead atoms. The standard InChI is InChI=1S/C22H33N3O2Si.ClH/c1-16(2)28(17(3)4,18(5)6)27-21-9-8-19(14-22(21)26-7)15-24-25-20-10-12-23-13-11-20;/h8-18H,1-7H3,(H,23,25);1H. The van der Waals surface area contributed by atoms with Crippen molar-refractivity contribution >= 4 is 32.6 Å². The van der Waals surface area contributed by atoms with E-state index in [1.165, 1.54) is 0 Å². The van der Waals surface area contributed by atoms with Crippen LogP contribution in [-0.2, 0) is 0 Å². The second kappa shape index (κ2) is 11.2. The Morgan fingerprint density at radius 1 is 0.931 bits per heavy atom. The summed E-state index contributed by atoms with van der Waals surface area (Å²) in [6.45, 7) is 13.7. The van der Waals surface area contributed by atoms with Crippen molar-refractivity contribution < 1.29 is 9.16 Å². The van der Waals surface area contributed by atoms with E-state index in [9.17, 15) is 0 Å². The monoisotopic (exact) mass is 435 g/mol. The predicted molar refractivity (Wildman–Crippen MR) is 127 cm³/mol. The summed E-state index contributed by atoms with van der Waals surface area (Å²) in [7, 11) is -0.353. The highest BCUT2D eigenvalue weighted by Crippen LogP contribution is 2.44. The molecule has 2 aromatic rings. The lowest BCUT2D eigenvalue weighted by molar-refractivity contribution is 0.383. The molecule has 0 aliphatic rings. The number of rotatable bonds is 9. The molecule has 7 heteroatoms.